The first-order chi connectivity index (χ1) is 15.1. The van der Waals surface area contributed by atoms with Crippen LogP contribution in [0.1, 0.15) is 18.2 Å². The molecule has 31 heavy (non-hydrogen) atoms. The van der Waals surface area contributed by atoms with Gasteiger partial charge in [0.25, 0.3) is 0 Å². The van der Waals surface area contributed by atoms with Gasteiger partial charge in [0.05, 0.1) is 18.0 Å². The lowest BCUT2D eigenvalue weighted by Gasteiger charge is -2.33. The highest BCUT2D eigenvalue weighted by atomic mass is 19.1. The van der Waals surface area contributed by atoms with Crippen LogP contribution < -0.4 is 9.64 Å². The van der Waals surface area contributed by atoms with Crippen molar-refractivity contribution in [1.82, 2.24) is 19.9 Å². The summed E-state index contributed by atoms with van der Waals surface area (Å²) in [4.78, 5) is 39.1. The molecule has 10 heteroatoms. The molecule has 0 saturated carbocycles. The molecule has 4 heterocycles. The predicted octanol–water partition coefficient (Wildman–Crippen LogP) is 2.81. The SMILES string of the molecule is CCOC(=O)N1CCN(c2c[nH]c3nc(OCc4ccccn4)c(CF)cc23)C(=O)C1. The highest BCUT2D eigenvalue weighted by molar-refractivity contribution is 6.04. The molecule has 1 aliphatic heterocycles. The first-order valence-corrected chi connectivity index (χ1v) is 9.92. The van der Waals surface area contributed by atoms with Crippen molar-refractivity contribution in [3.05, 3.63) is 47.9 Å². The molecule has 0 unspecified atom stereocenters. The minimum absolute atomic E-state index is 0.0832. The van der Waals surface area contributed by atoms with Crippen molar-refractivity contribution in [2.24, 2.45) is 0 Å². The van der Waals surface area contributed by atoms with Crippen LogP contribution in [0.3, 0.4) is 0 Å². The highest BCUT2D eigenvalue weighted by Crippen LogP contribution is 2.31. The van der Waals surface area contributed by atoms with Crippen molar-refractivity contribution in [3.8, 4) is 5.88 Å². The van der Waals surface area contributed by atoms with Gasteiger partial charge in [0.1, 0.15) is 25.5 Å². The molecule has 9 nitrogen and oxygen atoms in total. The van der Waals surface area contributed by atoms with Gasteiger partial charge in [-0.1, -0.05) is 6.07 Å². The minimum atomic E-state index is -0.768. The number of hydrogen-bond donors (Lipinski definition) is 1. The first kappa shape index (κ1) is 20.6. The Morgan fingerprint density at radius 1 is 1.32 bits per heavy atom. The number of ether oxygens (including phenoxy) is 2. The van der Waals surface area contributed by atoms with Crippen LogP contribution in [0.4, 0.5) is 14.9 Å². The summed E-state index contributed by atoms with van der Waals surface area (Å²) < 4.78 is 24.4. The standard InChI is InChI=1S/C21H22FN5O4/c1-2-30-21(29)26-7-8-27(18(28)12-26)17-11-24-19-16(17)9-14(10-22)20(25-19)31-13-15-5-3-4-6-23-15/h3-6,9,11H,2,7-8,10,12-13H2,1H3,(H,24,25). The number of carbonyl (C=O) groups excluding carboxylic acids is 2. The lowest BCUT2D eigenvalue weighted by atomic mass is 10.2. The number of H-pyrrole nitrogens is 1. The third-order valence-corrected chi connectivity index (χ3v) is 4.95. The first-order valence-electron chi connectivity index (χ1n) is 9.92. The number of amides is 2. The number of carbonyl (C=O) groups is 2. The zero-order valence-electron chi connectivity index (χ0n) is 17.0. The smallest absolute Gasteiger partial charge is 0.410 e. The minimum Gasteiger partial charge on any atom is -0.471 e. The molecule has 0 bridgehead atoms. The van der Waals surface area contributed by atoms with Gasteiger partial charge in [0.2, 0.25) is 11.8 Å². The van der Waals surface area contributed by atoms with Crippen molar-refractivity contribution in [1.29, 1.82) is 0 Å². The number of anilines is 1. The molecule has 1 aliphatic rings. The number of piperazine rings is 1. The van der Waals surface area contributed by atoms with E-state index in [0.29, 0.717) is 35.5 Å². The Bertz CT molecular complexity index is 1090. The van der Waals surface area contributed by atoms with Crippen LogP contribution in [0.2, 0.25) is 0 Å². The van der Waals surface area contributed by atoms with E-state index in [0.717, 1.165) is 0 Å². The van der Waals surface area contributed by atoms with Crippen LogP contribution in [0.25, 0.3) is 11.0 Å². The van der Waals surface area contributed by atoms with Gasteiger partial charge < -0.3 is 19.4 Å². The molecule has 0 aliphatic carbocycles. The second-order valence-corrected chi connectivity index (χ2v) is 6.93. The molecule has 0 spiro atoms. The van der Waals surface area contributed by atoms with Crippen LogP contribution in [-0.4, -0.2) is 58.1 Å². The van der Waals surface area contributed by atoms with Crippen LogP contribution in [0.15, 0.2) is 36.7 Å². The Morgan fingerprint density at radius 2 is 2.19 bits per heavy atom. The molecule has 0 radical (unpaired) electrons. The molecular formula is C21H22FN5O4. The van der Waals surface area contributed by atoms with Gasteiger partial charge in [-0.15, -0.1) is 0 Å². The van der Waals surface area contributed by atoms with Crippen molar-refractivity contribution >= 4 is 28.7 Å². The summed E-state index contributed by atoms with van der Waals surface area (Å²) in [6.45, 7) is 1.91. The number of alkyl halides is 1. The van der Waals surface area contributed by atoms with Crippen molar-refractivity contribution in [2.45, 2.75) is 20.2 Å². The molecule has 1 saturated heterocycles. The van der Waals surface area contributed by atoms with Gasteiger partial charge in [-0.2, -0.15) is 4.98 Å². The van der Waals surface area contributed by atoms with E-state index in [4.69, 9.17) is 9.47 Å². The van der Waals surface area contributed by atoms with E-state index in [1.807, 2.05) is 12.1 Å². The summed E-state index contributed by atoms with van der Waals surface area (Å²) in [5.74, 6) is -0.0787. The van der Waals surface area contributed by atoms with E-state index in [-0.39, 0.29) is 37.1 Å². The van der Waals surface area contributed by atoms with Gasteiger partial charge in [0, 0.05) is 36.4 Å². The normalized spacial score (nSPS) is 14.2. The summed E-state index contributed by atoms with van der Waals surface area (Å²) in [6, 6.07) is 7.08. The summed E-state index contributed by atoms with van der Waals surface area (Å²) in [7, 11) is 0. The molecule has 0 atom stereocenters. The highest BCUT2D eigenvalue weighted by Gasteiger charge is 2.30. The molecule has 1 N–H and O–H groups in total. The van der Waals surface area contributed by atoms with Crippen molar-refractivity contribution < 1.29 is 23.5 Å². The van der Waals surface area contributed by atoms with Gasteiger partial charge in [-0.05, 0) is 25.1 Å². The van der Waals surface area contributed by atoms with Crippen LogP contribution in [0.5, 0.6) is 5.88 Å². The van der Waals surface area contributed by atoms with E-state index in [1.54, 1.807) is 36.4 Å². The molecular weight excluding hydrogens is 405 g/mol. The van der Waals surface area contributed by atoms with Gasteiger partial charge >= 0.3 is 6.09 Å². The molecule has 3 aromatic rings. The molecule has 4 rings (SSSR count). The van der Waals surface area contributed by atoms with Crippen molar-refractivity contribution in [3.63, 3.8) is 0 Å². The molecule has 2 amide bonds. The quantitative estimate of drug-likeness (QED) is 0.649. The fourth-order valence-corrected chi connectivity index (χ4v) is 3.43. The Morgan fingerprint density at radius 3 is 2.90 bits per heavy atom. The number of rotatable bonds is 6. The van der Waals surface area contributed by atoms with E-state index in [9.17, 15) is 14.0 Å². The number of halogens is 1. The lowest BCUT2D eigenvalue weighted by molar-refractivity contribution is -0.120. The van der Waals surface area contributed by atoms with Crippen LogP contribution >= 0.6 is 0 Å². The van der Waals surface area contributed by atoms with Crippen molar-refractivity contribution in [2.75, 3.05) is 31.1 Å². The molecule has 1 fully saturated rings. The third kappa shape index (κ3) is 4.27. The number of pyridine rings is 2. The average molecular weight is 427 g/mol. The monoisotopic (exact) mass is 427 g/mol. The molecule has 3 aromatic heterocycles. The largest absolute Gasteiger partial charge is 0.471 e. The molecule has 0 aromatic carbocycles. The van der Waals surface area contributed by atoms with Gasteiger partial charge in [-0.3, -0.25) is 14.7 Å². The van der Waals surface area contributed by atoms with E-state index in [2.05, 4.69) is 15.0 Å². The predicted molar refractivity (Wildman–Crippen MR) is 110 cm³/mol. The van der Waals surface area contributed by atoms with Crippen LogP contribution in [-0.2, 0) is 22.8 Å². The van der Waals surface area contributed by atoms with E-state index in [1.165, 1.54) is 4.90 Å². The lowest BCUT2D eigenvalue weighted by Crippen LogP contribution is -2.52. The maximum atomic E-state index is 13.7. The number of fused-ring (bicyclic) bond motifs is 1. The van der Waals surface area contributed by atoms with E-state index < -0.39 is 12.8 Å². The summed E-state index contributed by atoms with van der Waals surface area (Å²) in [6.07, 6.45) is 2.80. The summed E-state index contributed by atoms with van der Waals surface area (Å²) in [5.41, 5.74) is 2.04. The van der Waals surface area contributed by atoms with E-state index >= 15 is 0 Å². The second-order valence-electron chi connectivity index (χ2n) is 6.93. The number of aromatic amines is 1. The second kappa shape index (κ2) is 8.99. The molecule has 162 valence electrons. The maximum absolute atomic E-state index is 13.7. The number of hydrogen-bond acceptors (Lipinski definition) is 6. The summed E-state index contributed by atoms with van der Waals surface area (Å²) in [5, 5.41) is 0.607. The van der Waals surface area contributed by atoms with Crippen LogP contribution in [0, 0.1) is 0 Å². The maximum Gasteiger partial charge on any atom is 0.410 e. The third-order valence-electron chi connectivity index (χ3n) is 4.95. The topological polar surface area (TPSA) is 101 Å². The zero-order chi connectivity index (χ0) is 21.8. The Hall–Kier alpha value is -3.69. The number of nitrogens with zero attached hydrogens (tertiary/aromatic N) is 4. The number of nitrogens with one attached hydrogen (secondary N) is 1. The summed E-state index contributed by atoms with van der Waals surface area (Å²) >= 11 is 0. The Kier molecular flexibility index (Phi) is 5.96. The fraction of sp³-hybridized carbons (Fsp3) is 0.333. The average Bonchev–Trinajstić information content (AvgIpc) is 3.20. The van der Waals surface area contributed by atoms with Gasteiger partial charge in [0.15, 0.2) is 0 Å². The number of aromatic nitrogens is 3. The fourth-order valence-electron chi connectivity index (χ4n) is 3.43. The van der Waals surface area contributed by atoms with Gasteiger partial charge in [-0.25, -0.2) is 9.18 Å². The Labute approximate surface area is 177 Å². The zero-order valence-corrected chi connectivity index (χ0v) is 17.0. The Balaban J connectivity index is 1.55.